The van der Waals surface area contributed by atoms with Crippen LogP contribution < -0.4 is 0 Å². The smallest absolute Gasteiger partial charge is 0.186 e. The Bertz CT molecular complexity index is 2390. The first-order valence-corrected chi connectivity index (χ1v) is 24.1. The van der Waals surface area contributed by atoms with Crippen LogP contribution in [0.2, 0.25) is 0 Å². The van der Waals surface area contributed by atoms with Gasteiger partial charge in [-0.3, -0.25) is 0 Å². The quantitative estimate of drug-likeness (QED) is 0.0554. The van der Waals surface area contributed by atoms with E-state index in [2.05, 4.69) is 0 Å². The zero-order valence-electron chi connectivity index (χ0n) is 40.2. The Morgan fingerprint density at radius 2 is 0.914 bits per heavy atom. The number of ether oxygens (including phenoxy) is 10. The first kappa shape index (κ1) is 51.0. The number of hydrogen-bond acceptors (Lipinski definition) is 11. The fourth-order valence-electron chi connectivity index (χ4n) is 8.72. The molecule has 70 heavy (non-hydrogen) atoms. The van der Waals surface area contributed by atoms with Crippen molar-refractivity contribution in [2.75, 3.05) is 13.7 Å². The summed E-state index contributed by atoms with van der Waals surface area (Å²) in [4.78, 5) is 0. The maximum absolute atomic E-state index is 12.6. The van der Waals surface area contributed by atoms with Crippen LogP contribution in [-0.4, -0.2) is 85.8 Å². The molecule has 2 heterocycles. The van der Waals surface area contributed by atoms with Crippen molar-refractivity contribution in [1.82, 2.24) is 0 Å². The number of aliphatic hydroxyl groups is 1. The van der Waals surface area contributed by atoms with E-state index >= 15 is 0 Å². The van der Waals surface area contributed by atoms with Gasteiger partial charge >= 0.3 is 0 Å². The van der Waals surface area contributed by atoms with Gasteiger partial charge in [-0.2, -0.15) is 0 Å². The van der Waals surface area contributed by atoms with Crippen LogP contribution in [0.3, 0.4) is 0 Å². The molecule has 368 valence electrons. The number of aliphatic hydroxyl groups excluding tert-OH is 1. The van der Waals surface area contributed by atoms with E-state index in [1.54, 1.807) is 13.2 Å². The third-order valence-electron chi connectivity index (χ3n) is 12.4. The molecule has 0 saturated carbocycles. The second kappa shape index (κ2) is 26.2. The fourth-order valence-corrected chi connectivity index (χ4v) is 8.72. The molecule has 0 radical (unpaired) electrons. The van der Waals surface area contributed by atoms with E-state index in [0.29, 0.717) is 0 Å². The van der Waals surface area contributed by atoms with Crippen LogP contribution >= 0.6 is 0 Å². The zero-order chi connectivity index (χ0) is 48.4. The number of rotatable bonds is 25. The van der Waals surface area contributed by atoms with Crippen LogP contribution in [0.1, 0.15) is 47.2 Å². The molecule has 0 aromatic heterocycles. The van der Waals surface area contributed by atoms with E-state index in [4.69, 9.17) is 47.4 Å². The minimum Gasteiger partial charge on any atom is -0.386 e. The van der Waals surface area contributed by atoms with Crippen LogP contribution in [0.5, 0.6) is 0 Å². The lowest BCUT2D eigenvalue weighted by molar-refractivity contribution is -0.326. The Morgan fingerprint density at radius 1 is 0.514 bits per heavy atom. The van der Waals surface area contributed by atoms with Gasteiger partial charge in [-0.1, -0.05) is 194 Å². The summed E-state index contributed by atoms with van der Waals surface area (Å²) in [6, 6.07) is 59.6. The molecule has 1 N–H and O–H groups in total. The van der Waals surface area contributed by atoms with E-state index in [9.17, 15) is 5.11 Å². The second-order valence-electron chi connectivity index (χ2n) is 18.0. The Hall–Kier alpha value is -5.38. The van der Waals surface area contributed by atoms with Crippen molar-refractivity contribution in [2.24, 2.45) is 0 Å². The zero-order valence-corrected chi connectivity index (χ0v) is 40.2. The summed E-state index contributed by atoms with van der Waals surface area (Å²) in [5.41, 5.74) is 5.79. The molecule has 11 nitrogen and oxygen atoms in total. The Balaban J connectivity index is 1.15. The van der Waals surface area contributed by atoms with Crippen LogP contribution in [0, 0.1) is 0 Å². The Morgan fingerprint density at radius 3 is 1.34 bits per heavy atom. The highest BCUT2D eigenvalue weighted by Crippen LogP contribution is 2.34. The van der Waals surface area contributed by atoms with Crippen LogP contribution in [0.25, 0.3) is 0 Å². The van der Waals surface area contributed by atoms with Crippen molar-refractivity contribution >= 4 is 0 Å². The molecule has 2 saturated heterocycles. The van der Waals surface area contributed by atoms with Gasteiger partial charge in [0.1, 0.15) is 54.9 Å². The molecule has 6 aromatic carbocycles. The standard InChI is InChI=1S/C59H66O11/c1-59(2)68-42-51(70-59)54(64-38-45-26-14-6-15-27-45)53(63-37-44-24-12-5-13-25-44)50(62-36-43-22-10-4-11-23-43)35-34-49(60)52-55(65-39-46-28-16-7-17-29-46)56(66-40-47-30-18-8-19-31-47)57(58(61-3)69-52)67-41-48-32-20-9-21-33-48/h4-35,49-58,60H,36-42H2,1-3H3/b35-34+/t49-,50-,51+,52+,53+,54+,55+,56-,57+,58-/m0/s1. The molecule has 0 unspecified atom stereocenters. The van der Waals surface area contributed by atoms with Gasteiger partial charge in [0.05, 0.1) is 46.2 Å². The highest BCUT2D eigenvalue weighted by molar-refractivity contribution is 5.19. The highest BCUT2D eigenvalue weighted by atomic mass is 16.8. The minimum absolute atomic E-state index is 0.217. The molecule has 6 aromatic rings. The first-order valence-electron chi connectivity index (χ1n) is 24.1. The summed E-state index contributed by atoms with van der Waals surface area (Å²) in [6.07, 6.45) is -4.86. The Labute approximate surface area is 412 Å². The topological polar surface area (TPSA) is 113 Å². The summed E-state index contributed by atoms with van der Waals surface area (Å²) in [5, 5.41) is 12.6. The highest BCUT2D eigenvalue weighted by Gasteiger charge is 2.51. The monoisotopic (exact) mass is 950 g/mol. The largest absolute Gasteiger partial charge is 0.386 e. The summed E-state index contributed by atoms with van der Waals surface area (Å²) >= 11 is 0. The van der Waals surface area contributed by atoms with Gasteiger partial charge < -0.3 is 52.5 Å². The van der Waals surface area contributed by atoms with Crippen molar-refractivity contribution in [3.63, 3.8) is 0 Å². The van der Waals surface area contributed by atoms with E-state index in [1.165, 1.54) is 0 Å². The molecule has 11 heteroatoms. The summed E-state index contributed by atoms with van der Waals surface area (Å²) in [7, 11) is 1.57. The lowest BCUT2D eigenvalue weighted by atomic mass is 9.93. The van der Waals surface area contributed by atoms with Crippen molar-refractivity contribution in [1.29, 1.82) is 0 Å². The average Bonchev–Trinajstić information content (AvgIpc) is 3.78. The summed E-state index contributed by atoms with van der Waals surface area (Å²) in [5.74, 6) is -0.859. The molecular formula is C59H66O11. The predicted molar refractivity (Wildman–Crippen MR) is 266 cm³/mol. The maximum atomic E-state index is 12.6. The molecule has 10 atom stereocenters. The van der Waals surface area contributed by atoms with Gasteiger partial charge in [-0.15, -0.1) is 0 Å². The van der Waals surface area contributed by atoms with Gasteiger partial charge in [0.2, 0.25) is 0 Å². The lowest BCUT2D eigenvalue weighted by Gasteiger charge is -2.46. The van der Waals surface area contributed by atoms with Crippen molar-refractivity contribution in [3.05, 3.63) is 228 Å². The predicted octanol–water partition coefficient (Wildman–Crippen LogP) is 9.94. The lowest BCUT2D eigenvalue weighted by Crippen LogP contribution is -2.63. The average molecular weight is 951 g/mol. The molecular weight excluding hydrogens is 885 g/mol. The van der Waals surface area contributed by atoms with E-state index in [1.807, 2.05) is 202 Å². The second-order valence-corrected chi connectivity index (χ2v) is 18.0. The number of methoxy groups -OCH3 is 1. The molecule has 0 aliphatic carbocycles. The molecule has 2 aliphatic rings. The van der Waals surface area contributed by atoms with Crippen molar-refractivity contribution in [2.45, 2.75) is 121 Å². The van der Waals surface area contributed by atoms with E-state index in [0.717, 1.165) is 33.4 Å². The van der Waals surface area contributed by atoms with Crippen LogP contribution in [0.4, 0.5) is 0 Å². The van der Waals surface area contributed by atoms with Crippen molar-refractivity contribution in [3.8, 4) is 0 Å². The van der Waals surface area contributed by atoms with Gasteiger partial charge in [0.15, 0.2) is 12.1 Å². The molecule has 2 aliphatic heterocycles. The van der Waals surface area contributed by atoms with Crippen molar-refractivity contribution < 1.29 is 52.5 Å². The normalized spacial score (nSPS) is 22.9. The molecule has 8 rings (SSSR count). The van der Waals surface area contributed by atoms with E-state index < -0.39 is 67.0 Å². The first-order chi connectivity index (χ1) is 34.3. The van der Waals surface area contributed by atoms with Gasteiger partial charge in [0.25, 0.3) is 0 Å². The van der Waals surface area contributed by atoms with Gasteiger partial charge in [-0.25, -0.2) is 0 Å². The van der Waals surface area contributed by atoms with Gasteiger partial charge in [0, 0.05) is 7.11 Å². The minimum atomic E-state index is -1.28. The molecule has 0 spiro atoms. The third-order valence-corrected chi connectivity index (χ3v) is 12.4. The molecule has 0 amide bonds. The van der Waals surface area contributed by atoms with Gasteiger partial charge in [-0.05, 0) is 47.2 Å². The SMILES string of the molecule is CO[C@H]1O[C@H]([C@@H](O)/C=C/[C@H](OCc2ccccc2)[C@@H](OCc2ccccc2)[C@H](OCc2ccccc2)[C@H]2COC(C)(C)O2)[C@@H](OCc2ccccc2)[C@H](OCc2ccccc2)[C@H]1OCc1ccccc1. The summed E-state index contributed by atoms with van der Waals surface area (Å²) < 4.78 is 66.6. The van der Waals surface area contributed by atoms with Crippen LogP contribution in [-0.2, 0) is 87.0 Å². The maximum Gasteiger partial charge on any atom is 0.186 e. The molecule has 0 bridgehead atoms. The van der Waals surface area contributed by atoms with Crippen LogP contribution in [0.15, 0.2) is 194 Å². The molecule has 2 fully saturated rings. The Kier molecular flexibility index (Phi) is 19.1. The summed E-state index contributed by atoms with van der Waals surface area (Å²) in [6.45, 7) is 5.55. The number of benzene rings is 6. The van der Waals surface area contributed by atoms with E-state index in [-0.39, 0.29) is 46.2 Å². The third kappa shape index (κ3) is 14.8. The number of hydrogen-bond donors (Lipinski definition) is 1. The fraction of sp³-hybridized carbons (Fsp3) is 0.356.